The zero-order valence-corrected chi connectivity index (χ0v) is 18.0. The highest BCUT2D eigenvalue weighted by Crippen LogP contribution is 2.31. The normalized spacial score (nSPS) is 14.6. The van der Waals surface area contributed by atoms with E-state index in [0.29, 0.717) is 5.56 Å². The first-order valence-corrected chi connectivity index (χ1v) is 9.49. The summed E-state index contributed by atoms with van der Waals surface area (Å²) in [6.07, 6.45) is -1.48. The smallest absolute Gasteiger partial charge is 0.178 e. The van der Waals surface area contributed by atoms with Crippen LogP contribution in [0.25, 0.3) is 22.0 Å². The van der Waals surface area contributed by atoms with E-state index < -0.39 is 6.29 Å². The maximum atomic E-state index is 9.50. The Morgan fingerprint density at radius 2 is 1.66 bits per heavy atom. The summed E-state index contributed by atoms with van der Waals surface area (Å²) in [5, 5.41) is 21.3. The van der Waals surface area contributed by atoms with Crippen LogP contribution in [0, 0.1) is 0 Å². The number of nitrogens with zero attached hydrogens (tertiary/aromatic N) is 3. The molecule has 0 spiro atoms. The van der Waals surface area contributed by atoms with Gasteiger partial charge in [0.1, 0.15) is 5.82 Å². The van der Waals surface area contributed by atoms with Crippen LogP contribution in [0.1, 0.15) is 18.8 Å². The number of pyridine rings is 1. The van der Waals surface area contributed by atoms with Crippen molar-refractivity contribution >= 4 is 41.4 Å². The third kappa shape index (κ3) is 5.00. The Balaban J connectivity index is 0.00000150. The number of rotatable bonds is 4. The number of benzene rings is 2. The van der Waals surface area contributed by atoms with Crippen molar-refractivity contribution in [3.05, 3.63) is 60.2 Å². The summed E-state index contributed by atoms with van der Waals surface area (Å²) < 4.78 is 0. The van der Waals surface area contributed by atoms with Crippen LogP contribution in [-0.2, 0) is 0 Å². The van der Waals surface area contributed by atoms with Crippen molar-refractivity contribution in [2.45, 2.75) is 13.2 Å². The zero-order chi connectivity index (χ0) is 18.8. The predicted octanol–water partition coefficient (Wildman–Crippen LogP) is 3.87. The Hall–Kier alpha value is -1.89. The zero-order valence-electron chi connectivity index (χ0n) is 16.4. The molecule has 2 aromatic carbocycles. The van der Waals surface area contributed by atoms with Gasteiger partial charge < -0.3 is 20.0 Å². The van der Waals surface area contributed by atoms with E-state index in [2.05, 4.69) is 41.0 Å². The topological polar surface area (TPSA) is 59.8 Å². The van der Waals surface area contributed by atoms with Gasteiger partial charge in [0.25, 0.3) is 0 Å². The molecule has 1 aliphatic heterocycles. The van der Waals surface area contributed by atoms with E-state index in [4.69, 9.17) is 4.98 Å². The largest absolute Gasteiger partial charge is 0.364 e. The first-order valence-electron chi connectivity index (χ1n) is 9.49. The van der Waals surface area contributed by atoms with Gasteiger partial charge in [0.05, 0.1) is 5.69 Å². The van der Waals surface area contributed by atoms with E-state index in [1.807, 2.05) is 18.2 Å². The van der Waals surface area contributed by atoms with E-state index in [1.165, 1.54) is 0 Å². The van der Waals surface area contributed by atoms with Crippen LogP contribution < -0.4 is 4.90 Å². The van der Waals surface area contributed by atoms with Crippen LogP contribution in [0.15, 0.2) is 54.6 Å². The predicted molar refractivity (Wildman–Crippen MR) is 123 cm³/mol. The van der Waals surface area contributed by atoms with Crippen molar-refractivity contribution < 1.29 is 10.2 Å². The van der Waals surface area contributed by atoms with Gasteiger partial charge in [-0.15, -0.1) is 24.8 Å². The van der Waals surface area contributed by atoms with E-state index in [1.54, 1.807) is 12.1 Å². The second kappa shape index (κ2) is 10.2. The van der Waals surface area contributed by atoms with Gasteiger partial charge in [0, 0.05) is 42.7 Å². The van der Waals surface area contributed by atoms with Crippen molar-refractivity contribution in [2.75, 3.05) is 37.6 Å². The lowest BCUT2D eigenvalue weighted by Gasteiger charge is -2.35. The molecule has 0 atom stereocenters. The van der Waals surface area contributed by atoms with Gasteiger partial charge in [0.15, 0.2) is 6.29 Å². The number of piperazine rings is 1. The molecule has 156 valence electrons. The summed E-state index contributed by atoms with van der Waals surface area (Å²) >= 11 is 0. The standard InChI is InChI=1S/C22H25N3O2.2ClH/c1-2-24-10-12-25(13-11-24)21-19-9-4-3-6-16(19)15-20(23-21)17-7-5-8-18(14-17)22(26)27;;/h3-9,14-15,22,26-27H,2,10-13H2,1H3;2*1H. The molecule has 0 radical (unpaired) electrons. The number of aliphatic hydroxyl groups is 2. The second-order valence-corrected chi connectivity index (χ2v) is 6.97. The molecular formula is C22H27Cl2N3O2. The molecule has 0 aliphatic carbocycles. The second-order valence-electron chi connectivity index (χ2n) is 6.97. The van der Waals surface area contributed by atoms with Crippen molar-refractivity contribution in [2.24, 2.45) is 0 Å². The average Bonchev–Trinajstić information content (AvgIpc) is 2.73. The third-order valence-electron chi connectivity index (χ3n) is 5.32. The Bertz CT molecular complexity index is 944. The highest BCUT2D eigenvalue weighted by molar-refractivity contribution is 5.95. The van der Waals surface area contributed by atoms with E-state index >= 15 is 0 Å². The Morgan fingerprint density at radius 3 is 2.34 bits per heavy atom. The van der Waals surface area contributed by atoms with Gasteiger partial charge in [-0.25, -0.2) is 4.98 Å². The fourth-order valence-electron chi connectivity index (χ4n) is 3.70. The number of anilines is 1. The van der Waals surface area contributed by atoms with E-state index in [-0.39, 0.29) is 24.8 Å². The summed E-state index contributed by atoms with van der Waals surface area (Å²) in [6, 6.07) is 17.7. The maximum absolute atomic E-state index is 9.50. The number of hydrogen-bond donors (Lipinski definition) is 2. The molecule has 29 heavy (non-hydrogen) atoms. The van der Waals surface area contributed by atoms with Crippen LogP contribution in [0.2, 0.25) is 0 Å². The number of aliphatic hydroxyl groups excluding tert-OH is 1. The Kier molecular flexibility index (Phi) is 8.25. The van der Waals surface area contributed by atoms with Crippen LogP contribution in [0.5, 0.6) is 0 Å². The van der Waals surface area contributed by atoms with Gasteiger partial charge in [0.2, 0.25) is 0 Å². The van der Waals surface area contributed by atoms with Gasteiger partial charge >= 0.3 is 0 Å². The first kappa shape index (κ1) is 23.4. The minimum Gasteiger partial charge on any atom is -0.364 e. The van der Waals surface area contributed by atoms with Crippen molar-refractivity contribution in [1.82, 2.24) is 9.88 Å². The molecule has 1 aliphatic rings. The van der Waals surface area contributed by atoms with Crippen LogP contribution in [0.4, 0.5) is 5.82 Å². The molecule has 0 bridgehead atoms. The lowest BCUT2D eigenvalue weighted by molar-refractivity contribution is -0.0424. The summed E-state index contributed by atoms with van der Waals surface area (Å²) in [7, 11) is 0. The molecule has 5 nitrogen and oxygen atoms in total. The van der Waals surface area contributed by atoms with Crippen LogP contribution in [0.3, 0.4) is 0 Å². The molecule has 2 N–H and O–H groups in total. The monoisotopic (exact) mass is 435 g/mol. The Labute approximate surface area is 183 Å². The van der Waals surface area contributed by atoms with Crippen molar-refractivity contribution in [3.63, 3.8) is 0 Å². The summed E-state index contributed by atoms with van der Waals surface area (Å²) in [5.41, 5.74) is 2.21. The number of likely N-dealkylation sites (N-methyl/N-ethyl adjacent to an activating group) is 1. The fourth-order valence-corrected chi connectivity index (χ4v) is 3.70. The summed E-state index contributed by atoms with van der Waals surface area (Å²) in [6.45, 7) is 7.30. The quantitative estimate of drug-likeness (QED) is 0.609. The number of fused-ring (bicyclic) bond motifs is 1. The van der Waals surface area contributed by atoms with Gasteiger partial charge in [-0.05, 0) is 24.1 Å². The van der Waals surface area contributed by atoms with Gasteiger partial charge in [-0.3, -0.25) is 0 Å². The molecule has 1 aromatic heterocycles. The van der Waals surface area contributed by atoms with Gasteiger partial charge in [-0.1, -0.05) is 49.4 Å². The molecule has 1 saturated heterocycles. The minimum absolute atomic E-state index is 0. The number of hydrogen-bond acceptors (Lipinski definition) is 5. The molecule has 2 heterocycles. The van der Waals surface area contributed by atoms with E-state index in [9.17, 15) is 10.2 Å². The SMILES string of the molecule is CCN1CCN(c2nc(-c3cccc(C(O)O)c3)cc3ccccc23)CC1.Cl.Cl. The highest BCUT2D eigenvalue weighted by atomic mass is 35.5. The average molecular weight is 436 g/mol. The molecule has 3 aromatic rings. The van der Waals surface area contributed by atoms with Crippen LogP contribution in [-0.4, -0.2) is 52.8 Å². The van der Waals surface area contributed by atoms with Crippen molar-refractivity contribution in [3.8, 4) is 11.3 Å². The molecule has 4 rings (SSSR count). The lowest BCUT2D eigenvalue weighted by atomic mass is 10.0. The molecule has 0 unspecified atom stereocenters. The molecule has 1 fully saturated rings. The minimum atomic E-state index is -1.48. The van der Waals surface area contributed by atoms with Crippen LogP contribution >= 0.6 is 24.8 Å². The highest BCUT2D eigenvalue weighted by Gasteiger charge is 2.20. The Morgan fingerprint density at radius 1 is 0.931 bits per heavy atom. The molecular weight excluding hydrogens is 409 g/mol. The number of halogens is 2. The molecule has 7 heteroatoms. The van der Waals surface area contributed by atoms with Crippen molar-refractivity contribution in [1.29, 1.82) is 0 Å². The number of aromatic nitrogens is 1. The maximum Gasteiger partial charge on any atom is 0.178 e. The first-order chi connectivity index (χ1) is 13.2. The summed E-state index contributed by atoms with van der Waals surface area (Å²) in [4.78, 5) is 9.81. The summed E-state index contributed by atoms with van der Waals surface area (Å²) in [5.74, 6) is 1.01. The van der Waals surface area contributed by atoms with E-state index in [0.717, 1.165) is 60.6 Å². The fraction of sp³-hybridized carbons (Fsp3) is 0.318. The molecule has 0 amide bonds. The third-order valence-corrected chi connectivity index (χ3v) is 5.32. The lowest BCUT2D eigenvalue weighted by Crippen LogP contribution is -2.46. The van der Waals surface area contributed by atoms with Gasteiger partial charge in [-0.2, -0.15) is 0 Å². The molecule has 0 saturated carbocycles.